The zero-order valence-electron chi connectivity index (χ0n) is 15.6. The van der Waals surface area contributed by atoms with Crippen LogP contribution in [0, 0.1) is 5.92 Å². The fourth-order valence-electron chi connectivity index (χ4n) is 4.69. The quantitative estimate of drug-likeness (QED) is 0.800. The van der Waals surface area contributed by atoms with Gasteiger partial charge in [-0.25, -0.2) is 0 Å². The summed E-state index contributed by atoms with van der Waals surface area (Å²) < 4.78 is 2.19. The molecule has 0 radical (unpaired) electrons. The van der Waals surface area contributed by atoms with Crippen molar-refractivity contribution in [3.05, 3.63) is 24.5 Å². The number of nitrogens with zero attached hydrogens (tertiary/aromatic N) is 4. The molecule has 26 heavy (non-hydrogen) atoms. The minimum Gasteiger partial charge on any atom is -0.353 e. The van der Waals surface area contributed by atoms with E-state index in [0.717, 1.165) is 52.1 Å². The van der Waals surface area contributed by atoms with Gasteiger partial charge in [-0.15, -0.1) is 0 Å². The average molecular weight is 358 g/mol. The van der Waals surface area contributed by atoms with Gasteiger partial charge in [0, 0.05) is 70.7 Å². The van der Waals surface area contributed by atoms with Crippen molar-refractivity contribution >= 4 is 11.8 Å². The lowest BCUT2D eigenvalue weighted by Crippen LogP contribution is -2.51. The molecule has 1 aromatic rings. The normalized spacial score (nSPS) is 25.4. The largest absolute Gasteiger partial charge is 0.353 e. The fraction of sp³-hybridized carbons (Fsp3) is 0.700. The number of hydrogen-bond acceptors (Lipinski definition) is 3. The van der Waals surface area contributed by atoms with Gasteiger partial charge in [0.05, 0.1) is 5.92 Å². The molecule has 0 N–H and O–H groups in total. The van der Waals surface area contributed by atoms with Crippen LogP contribution in [0.1, 0.15) is 32.1 Å². The molecule has 6 nitrogen and oxygen atoms in total. The summed E-state index contributed by atoms with van der Waals surface area (Å²) in [6.45, 7) is 6.11. The van der Waals surface area contributed by atoms with E-state index in [0.29, 0.717) is 19.0 Å². The number of carbonyl (C=O) groups excluding carboxylic acids is 2. The molecule has 3 heterocycles. The first kappa shape index (κ1) is 17.6. The predicted octanol–water partition coefficient (Wildman–Crippen LogP) is 1.42. The lowest BCUT2D eigenvalue weighted by Gasteiger charge is -2.36. The Morgan fingerprint density at radius 2 is 1.69 bits per heavy atom. The van der Waals surface area contributed by atoms with Crippen LogP contribution in [0.25, 0.3) is 0 Å². The van der Waals surface area contributed by atoms with Gasteiger partial charge in [0.2, 0.25) is 11.8 Å². The maximum absolute atomic E-state index is 12.9. The van der Waals surface area contributed by atoms with E-state index in [9.17, 15) is 9.59 Å². The summed E-state index contributed by atoms with van der Waals surface area (Å²) in [6, 6.07) is 4.49. The van der Waals surface area contributed by atoms with Gasteiger partial charge in [-0.05, 0) is 25.0 Å². The Hall–Kier alpha value is -1.82. The molecular formula is C20H30N4O2. The Morgan fingerprint density at radius 1 is 1.00 bits per heavy atom. The van der Waals surface area contributed by atoms with Crippen molar-refractivity contribution in [1.29, 1.82) is 0 Å². The summed E-state index contributed by atoms with van der Waals surface area (Å²) in [7, 11) is 0. The van der Waals surface area contributed by atoms with Crippen LogP contribution in [0.4, 0.5) is 0 Å². The van der Waals surface area contributed by atoms with E-state index in [-0.39, 0.29) is 17.7 Å². The molecule has 3 fully saturated rings. The molecule has 1 atom stereocenters. The zero-order valence-corrected chi connectivity index (χ0v) is 15.6. The van der Waals surface area contributed by atoms with Crippen LogP contribution in [-0.2, 0) is 16.1 Å². The molecule has 142 valence electrons. The molecule has 1 saturated carbocycles. The Kier molecular flexibility index (Phi) is 5.29. The second-order valence-corrected chi connectivity index (χ2v) is 7.97. The molecule has 6 heteroatoms. The van der Waals surface area contributed by atoms with Gasteiger partial charge in [-0.1, -0.05) is 12.8 Å². The predicted molar refractivity (Wildman–Crippen MR) is 99.5 cm³/mol. The SMILES string of the molecule is O=C([C@@H]1CC(=O)N(C2CCCC2)C1)N1CCN(CCn2cccc2)CC1. The van der Waals surface area contributed by atoms with Crippen molar-refractivity contribution in [3.8, 4) is 0 Å². The monoisotopic (exact) mass is 358 g/mol. The Labute approximate surface area is 155 Å². The minimum atomic E-state index is -0.116. The molecular weight excluding hydrogens is 328 g/mol. The van der Waals surface area contributed by atoms with E-state index in [2.05, 4.69) is 21.9 Å². The molecule has 0 spiro atoms. The summed E-state index contributed by atoms with van der Waals surface area (Å²) >= 11 is 0. The van der Waals surface area contributed by atoms with Crippen LogP contribution in [0.2, 0.25) is 0 Å². The topological polar surface area (TPSA) is 48.8 Å². The molecule has 0 unspecified atom stereocenters. The zero-order chi connectivity index (χ0) is 17.9. The molecule has 0 bridgehead atoms. The summed E-state index contributed by atoms with van der Waals surface area (Å²) in [6.07, 6.45) is 9.28. The van der Waals surface area contributed by atoms with Crippen LogP contribution in [-0.4, -0.2) is 76.4 Å². The second kappa shape index (κ2) is 7.82. The first-order chi connectivity index (χ1) is 12.7. The van der Waals surface area contributed by atoms with E-state index in [1.54, 1.807) is 0 Å². The summed E-state index contributed by atoms with van der Waals surface area (Å²) in [5, 5.41) is 0. The standard InChI is InChI=1S/C20H30N4O2/c25-19-15-17(16-24(19)18-5-1-2-6-18)20(26)23-13-11-22(12-14-23)10-9-21-7-3-4-8-21/h3-4,7-8,17-18H,1-2,5-6,9-16H2/t17-/m1/s1. The van der Waals surface area contributed by atoms with E-state index < -0.39 is 0 Å². The van der Waals surface area contributed by atoms with Crippen molar-refractivity contribution in [3.63, 3.8) is 0 Å². The highest BCUT2D eigenvalue weighted by molar-refractivity contribution is 5.89. The van der Waals surface area contributed by atoms with Gasteiger partial charge in [-0.2, -0.15) is 0 Å². The van der Waals surface area contributed by atoms with Crippen molar-refractivity contribution in [2.75, 3.05) is 39.3 Å². The third kappa shape index (κ3) is 3.80. The van der Waals surface area contributed by atoms with Crippen molar-refractivity contribution in [2.45, 2.75) is 44.7 Å². The smallest absolute Gasteiger partial charge is 0.228 e. The van der Waals surface area contributed by atoms with Crippen LogP contribution >= 0.6 is 0 Å². The number of hydrogen-bond donors (Lipinski definition) is 0. The van der Waals surface area contributed by atoms with E-state index >= 15 is 0 Å². The summed E-state index contributed by atoms with van der Waals surface area (Å²) in [5.41, 5.74) is 0. The molecule has 0 aromatic carbocycles. The van der Waals surface area contributed by atoms with E-state index in [1.807, 2.05) is 21.9 Å². The number of rotatable bonds is 5. The second-order valence-electron chi connectivity index (χ2n) is 7.97. The fourth-order valence-corrected chi connectivity index (χ4v) is 4.69. The lowest BCUT2D eigenvalue weighted by molar-refractivity contribution is -0.137. The van der Waals surface area contributed by atoms with Crippen LogP contribution < -0.4 is 0 Å². The first-order valence-electron chi connectivity index (χ1n) is 10.1. The van der Waals surface area contributed by atoms with Crippen LogP contribution in [0.5, 0.6) is 0 Å². The van der Waals surface area contributed by atoms with Gasteiger partial charge in [0.15, 0.2) is 0 Å². The van der Waals surface area contributed by atoms with Gasteiger partial charge in [0.25, 0.3) is 0 Å². The first-order valence-corrected chi connectivity index (χ1v) is 10.1. The Morgan fingerprint density at radius 3 is 2.38 bits per heavy atom. The molecule has 1 aliphatic carbocycles. The highest BCUT2D eigenvalue weighted by Crippen LogP contribution is 2.30. The number of carbonyl (C=O) groups is 2. The number of aromatic nitrogens is 1. The Balaban J connectivity index is 1.24. The summed E-state index contributed by atoms with van der Waals surface area (Å²) in [5.74, 6) is 0.277. The van der Waals surface area contributed by atoms with Gasteiger partial charge >= 0.3 is 0 Å². The molecule has 1 aromatic heterocycles. The minimum absolute atomic E-state index is 0.116. The average Bonchev–Trinajstić information content (AvgIpc) is 3.41. The Bertz CT molecular complexity index is 616. The molecule has 2 amide bonds. The van der Waals surface area contributed by atoms with E-state index in [1.165, 1.54) is 12.8 Å². The van der Waals surface area contributed by atoms with Crippen molar-refractivity contribution in [2.24, 2.45) is 5.92 Å². The van der Waals surface area contributed by atoms with Crippen LogP contribution in [0.3, 0.4) is 0 Å². The molecule has 4 rings (SSSR count). The van der Waals surface area contributed by atoms with Crippen LogP contribution in [0.15, 0.2) is 24.5 Å². The number of likely N-dealkylation sites (tertiary alicyclic amines) is 1. The maximum atomic E-state index is 12.9. The molecule has 2 aliphatic heterocycles. The third-order valence-corrected chi connectivity index (χ3v) is 6.30. The van der Waals surface area contributed by atoms with Crippen molar-refractivity contribution < 1.29 is 9.59 Å². The van der Waals surface area contributed by atoms with Gasteiger partial charge in [0.1, 0.15) is 0 Å². The highest BCUT2D eigenvalue weighted by atomic mass is 16.2. The maximum Gasteiger partial charge on any atom is 0.228 e. The van der Waals surface area contributed by atoms with Crippen molar-refractivity contribution in [1.82, 2.24) is 19.3 Å². The third-order valence-electron chi connectivity index (χ3n) is 6.30. The van der Waals surface area contributed by atoms with Gasteiger partial charge < -0.3 is 14.4 Å². The number of piperazine rings is 1. The van der Waals surface area contributed by atoms with E-state index in [4.69, 9.17) is 0 Å². The van der Waals surface area contributed by atoms with Gasteiger partial charge in [-0.3, -0.25) is 14.5 Å². The molecule has 3 aliphatic rings. The number of amides is 2. The molecule has 2 saturated heterocycles. The highest BCUT2D eigenvalue weighted by Gasteiger charge is 2.40. The summed E-state index contributed by atoms with van der Waals surface area (Å²) in [4.78, 5) is 31.7. The lowest BCUT2D eigenvalue weighted by atomic mass is 10.1.